The molecule has 0 saturated carbocycles. The van der Waals surface area contributed by atoms with Gasteiger partial charge >= 0.3 is 0 Å². The highest BCUT2D eigenvalue weighted by atomic mass is 35.5. The van der Waals surface area contributed by atoms with Gasteiger partial charge in [-0.1, -0.05) is 54.1 Å². The van der Waals surface area contributed by atoms with Crippen molar-refractivity contribution in [3.63, 3.8) is 0 Å². The number of hydrogen-bond acceptors (Lipinski definition) is 2. The summed E-state index contributed by atoms with van der Waals surface area (Å²) in [6.07, 6.45) is 1.06. The summed E-state index contributed by atoms with van der Waals surface area (Å²) in [6, 6.07) is 23.5. The van der Waals surface area contributed by atoms with Crippen molar-refractivity contribution in [2.45, 2.75) is 19.8 Å². The van der Waals surface area contributed by atoms with Crippen molar-refractivity contribution >= 4 is 23.2 Å². The number of hydrogen-bond donors (Lipinski definition) is 1. The van der Waals surface area contributed by atoms with Crippen LogP contribution in [0.4, 0.5) is 5.69 Å². The van der Waals surface area contributed by atoms with Gasteiger partial charge in [0.15, 0.2) is 0 Å². The predicted molar refractivity (Wildman–Crippen MR) is 111 cm³/mol. The Hall–Kier alpha value is -2.78. The summed E-state index contributed by atoms with van der Waals surface area (Å²) in [5.41, 5.74) is 4.07. The van der Waals surface area contributed by atoms with Crippen molar-refractivity contribution in [2.75, 3.05) is 11.9 Å². The topological polar surface area (TPSA) is 38.3 Å². The Bertz CT molecular complexity index is 892. The maximum absolute atomic E-state index is 12.1. The number of amides is 1. The number of carbonyl (C=O) groups is 1. The van der Waals surface area contributed by atoms with E-state index in [4.69, 9.17) is 16.3 Å². The van der Waals surface area contributed by atoms with Gasteiger partial charge in [0, 0.05) is 17.1 Å². The van der Waals surface area contributed by atoms with E-state index in [0.717, 1.165) is 28.1 Å². The highest BCUT2D eigenvalue weighted by molar-refractivity contribution is 6.30. The van der Waals surface area contributed by atoms with E-state index in [9.17, 15) is 4.79 Å². The van der Waals surface area contributed by atoms with E-state index in [1.54, 1.807) is 6.07 Å². The normalized spacial score (nSPS) is 10.4. The fraction of sp³-hybridized carbons (Fsp3) is 0.174. The number of anilines is 1. The lowest BCUT2D eigenvalue weighted by atomic mass is 10.1. The van der Waals surface area contributed by atoms with Crippen molar-refractivity contribution in [3.8, 4) is 16.9 Å². The molecule has 0 radical (unpaired) electrons. The molecule has 0 aromatic heterocycles. The summed E-state index contributed by atoms with van der Waals surface area (Å²) < 4.78 is 5.72. The summed E-state index contributed by atoms with van der Waals surface area (Å²) in [6.45, 7) is 2.44. The van der Waals surface area contributed by atoms with Crippen molar-refractivity contribution in [1.82, 2.24) is 0 Å². The molecule has 1 N–H and O–H groups in total. The van der Waals surface area contributed by atoms with Crippen molar-refractivity contribution in [1.29, 1.82) is 0 Å². The number of carbonyl (C=O) groups excluding carboxylic acids is 1. The van der Waals surface area contributed by atoms with Gasteiger partial charge in [-0.3, -0.25) is 4.79 Å². The maximum Gasteiger partial charge on any atom is 0.224 e. The Morgan fingerprint density at radius 1 is 0.963 bits per heavy atom. The third-order valence-electron chi connectivity index (χ3n) is 4.22. The van der Waals surface area contributed by atoms with Crippen molar-refractivity contribution < 1.29 is 9.53 Å². The zero-order valence-electron chi connectivity index (χ0n) is 15.2. The summed E-state index contributed by atoms with van der Waals surface area (Å²) in [7, 11) is 0. The lowest BCUT2D eigenvalue weighted by Gasteiger charge is -2.10. The molecule has 0 fully saturated rings. The van der Waals surface area contributed by atoms with Gasteiger partial charge in [0.25, 0.3) is 0 Å². The predicted octanol–water partition coefficient (Wildman–Crippen LogP) is 6.11. The number of halogens is 1. The molecule has 3 aromatic carbocycles. The second-order valence-electron chi connectivity index (χ2n) is 6.35. The first kappa shape index (κ1) is 19.0. The average Bonchev–Trinajstić information content (AvgIpc) is 2.68. The SMILES string of the molecule is Cc1cc(Cl)ccc1OCCCC(=O)Nc1ccc(-c2ccccc2)cc1. The zero-order valence-corrected chi connectivity index (χ0v) is 16.0. The van der Waals surface area contributed by atoms with Gasteiger partial charge in [-0.25, -0.2) is 0 Å². The molecule has 3 aromatic rings. The smallest absolute Gasteiger partial charge is 0.224 e. The standard InChI is InChI=1S/C23H22ClNO2/c1-17-16-20(24)11-14-22(17)27-15-5-8-23(26)25-21-12-9-19(10-13-21)18-6-3-2-4-7-18/h2-4,6-7,9-14,16H,5,8,15H2,1H3,(H,25,26). The average molecular weight is 380 g/mol. The minimum Gasteiger partial charge on any atom is -0.493 e. The van der Waals surface area contributed by atoms with Crippen LogP contribution in [0.5, 0.6) is 5.75 Å². The van der Waals surface area contributed by atoms with E-state index in [1.807, 2.05) is 61.5 Å². The quantitative estimate of drug-likeness (QED) is 0.502. The van der Waals surface area contributed by atoms with E-state index in [1.165, 1.54) is 0 Å². The van der Waals surface area contributed by atoms with Gasteiger partial charge in [-0.2, -0.15) is 0 Å². The van der Waals surface area contributed by atoms with E-state index >= 15 is 0 Å². The first-order chi connectivity index (χ1) is 13.1. The van der Waals surface area contributed by atoms with E-state index < -0.39 is 0 Å². The van der Waals surface area contributed by atoms with Crippen LogP contribution in [0.3, 0.4) is 0 Å². The molecule has 27 heavy (non-hydrogen) atoms. The lowest BCUT2D eigenvalue weighted by molar-refractivity contribution is -0.116. The lowest BCUT2D eigenvalue weighted by Crippen LogP contribution is -2.12. The first-order valence-electron chi connectivity index (χ1n) is 8.96. The maximum atomic E-state index is 12.1. The number of rotatable bonds is 7. The number of aryl methyl sites for hydroxylation is 1. The zero-order chi connectivity index (χ0) is 19.1. The highest BCUT2D eigenvalue weighted by Gasteiger charge is 2.05. The largest absolute Gasteiger partial charge is 0.493 e. The first-order valence-corrected chi connectivity index (χ1v) is 9.34. The van der Waals surface area contributed by atoms with E-state index in [-0.39, 0.29) is 5.91 Å². The van der Waals surface area contributed by atoms with Gasteiger partial charge in [0.2, 0.25) is 5.91 Å². The third-order valence-corrected chi connectivity index (χ3v) is 4.45. The second-order valence-corrected chi connectivity index (χ2v) is 6.79. The van der Waals surface area contributed by atoms with Crippen LogP contribution in [0, 0.1) is 6.92 Å². The van der Waals surface area contributed by atoms with Crippen molar-refractivity contribution in [2.24, 2.45) is 0 Å². The summed E-state index contributed by atoms with van der Waals surface area (Å²) in [4.78, 5) is 12.1. The van der Waals surface area contributed by atoms with E-state index in [2.05, 4.69) is 17.4 Å². The molecule has 0 aliphatic carbocycles. The molecule has 0 saturated heterocycles. The van der Waals surface area contributed by atoms with Gasteiger partial charge in [0.1, 0.15) is 5.75 Å². The molecule has 0 aliphatic heterocycles. The molecule has 0 aliphatic rings. The number of nitrogens with one attached hydrogen (secondary N) is 1. The minimum absolute atomic E-state index is 0.0149. The monoisotopic (exact) mass is 379 g/mol. The van der Waals surface area contributed by atoms with Crippen LogP contribution in [-0.4, -0.2) is 12.5 Å². The molecular formula is C23H22ClNO2. The summed E-state index contributed by atoms with van der Waals surface area (Å²) >= 11 is 5.93. The molecule has 3 rings (SSSR count). The molecule has 0 bridgehead atoms. The van der Waals surface area contributed by atoms with Crippen LogP contribution in [0.25, 0.3) is 11.1 Å². The molecule has 3 nitrogen and oxygen atoms in total. The van der Waals surface area contributed by atoms with Gasteiger partial charge in [0.05, 0.1) is 6.61 Å². The summed E-state index contributed by atoms with van der Waals surface area (Å²) in [5, 5.41) is 3.62. The van der Waals surface area contributed by atoms with Crippen LogP contribution >= 0.6 is 11.6 Å². The van der Waals surface area contributed by atoms with Gasteiger partial charge in [-0.05, 0) is 60.4 Å². The van der Waals surface area contributed by atoms with Crippen molar-refractivity contribution in [3.05, 3.63) is 83.4 Å². The molecule has 0 unspecified atom stereocenters. The van der Waals surface area contributed by atoms with Gasteiger partial charge in [-0.15, -0.1) is 0 Å². The fourth-order valence-electron chi connectivity index (χ4n) is 2.79. The van der Waals surface area contributed by atoms with Crippen LogP contribution in [-0.2, 0) is 4.79 Å². The molecule has 0 atom stereocenters. The van der Waals surface area contributed by atoms with Gasteiger partial charge < -0.3 is 10.1 Å². The number of benzene rings is 3. The third kappa shape index (κ3) is 5.60. The second kappa shape index (κ2) is 9.24. The minimum atomic E-state index is -0.0149. The number of ether oxygens (including phenoxy) is 1. The Balaban J connectivity index is 1.44. The molecular weight excluding hydrogens is 358 g/mol. The molecule has 138 valence electrons. The Morgan fingerprint density at radius 2 is 1.67 bits per heavy atom. The molecule has 0 spiro atoms. The Kier molecular flexibility index (Phi) is 6.50. The summed E-state index contributed by atoms with van der Waals surface area (Å²) in [5.74, 6) is 0.787. The van der Waals surface area contributed by atoms with Crippen LogP contribution in [0.1, 0.15) is 18.4 Å². The fourth-order valence-corrected chi connectivity index (χ4v) is 3.02. The Labute approximate surface area is 164 Å². The molecule has 4 heteroatoms. The van der Waals surface area contributed by atoms with E-state index in [0.29, 0.717) is 24.5 Å². The Morgan fingerprint density at radius 3 is 2.37 bits per heavy atom. The van der Waals surface area contributed by atoms with Crippen LogP contribution < -0.4 is 10.1 Å². The van der Waals surface area contributed by atoms with Crippen LogP contribution in [0.15, 0.2) is 72.8 Å². The highest BCUT2D eigenvalue weighted by Crippen LogP contribution is 2.22. The molecule has 0 heterocycles. The van der Waals surface area contributed by atoms with Crippen LogP contribution in [0.2, 0.25) is 5.02 Å². The molecule has 1 amide bonds.